The lowest BCUT2D eigenvalue weighted by atomic mass is 10.0. The van der Waals surface area contributed by atoms with Gasteiger partial charge in [0.05, 0.1) is 18.9 Å². The highest BCUT2D eigenvalue weighted by molar-refractivity contribution is 6.01. The second-order valence-electron chi connectivity index (χ2n) is 7.56. The van der Waals surface area contributed by atoms with Crippen molar-refractivity contribution in [2.75, 3.05) is 25.1 Å². The van der Waals surface area contributed by atoms with Gasteiger partial charge in [0.25, 0.3) is 0 Å². The average Bonchev–Trinajstić information content (AvgIpc) is 3.54. The largest absolute Gasteiger partial charge is 0.497 e. The number of hydrogen-bond acceptors (Lipinski definition) is 3. The van der Waals surface area contributed by atoms with Crippen LogP contribution in [0.4, 0.5) is 5.69 Å². The molecule has 5 nitrogen and oxygen atoms in total. The Hall–Kier alpha value is -2.82. The number of ether oxygens (including phenoxy) is 1. The molecule has 2 aromatic rings. The molecule has 2 amide bonds. The Kier molecular flexibility index (Phi) is 5.33. The number of nitrogens with one attached hydrogen (secondary N) is 1. The fourth-order valence-corrected chi connectivity index (χ4v) is 4.01. The first-order chi connectivity index (χ1) is 13.7. The Bertz CT molecular complexity index is 880. The number of aryl methyl sites for hydroxylation is 1. The van der Waals surface area contributed by atoms with Crippen molar-refractivity contribution in [1.82, 2.24) is 5.32 Å². The number of nitrogens with zero attached hydrogens (tertiary/aromatic N) is 1. The van der Waals surface area contributed by atoms with Crippen molar-refractivity contribution in [3.05, 3.63) is 59.7 Å². The number of carbonyl (C=O) groups is 2. The number of rotatable bonds is 6. The number of para-hydroxylation sites is 1. The normalized spacial score (nSPS) is 20.2. The zero-order valence-corrected chi connectivity index (χ0v) is 16.2. The molecule has 1 N–H and O–H groups in total. The van der Waals surface area contributed by atoms with Crippen LogP contribution in [0.15, 0.2) is 48.5 Å². The van der Waals surface area contributed by atoms with Crippen molar-refractivity contribution in [1.29, 1.82) is 0 Å². The summed E-state index contributed by atoms with van der Waals surface area (Å²) >= 11 is 0. The van der Waals surface area contributed by atoms with Gasteiger partial charge in [0, 0.05) is 18.8 Å². The molecule has 5 heteroatoms. The van der Waals surface area contributed by atoms with Crippen LogP contribution in [-0.4, -0.2) is 32.0 Å². The zero-order valence-electron chi connectivity index (χ0n) is 16.2. The third-order valence-corrected chi connectivity index (χ3v) is 5.67. The third-order valence-electron chi connectivity index (χ3n) is 5.67. The number of carbonyl (C=O) groups excluding carboxylic acids is 2. The molecule has 4 rings (SSSR count). The van der Waals surface area contributed by atoms with Crippen molar-refractivity contribution >= 4 is 17.5 Å². The maximum atomic E-state index is 12.9. The van der Waals surface area contributed by atoms with E-state index in [1.165, 1.54) is 5.56 Å². The van der Waals surface area contributed by atoms with Crippen molar-refractivity contribution in [3.8, 4) is 5.75 Å². The molecule has 0 aromatic heterocycles. The van der Waals surface area contributed by atoms with Crippen LogP contribution >= 0.6 is 0 Å². The molecule has 1 heterocycles. The summed E-state index contributed by atoms with van der Waals surface area (Å²) in [5, 5.41) is 2.99. The summed E-state index contributed by atoms with van der Waals surface area (Å²) < 4.78 is 5.22. The van der Waals surface area contributed by atoms with E-state index >= 15 is 0 Å². The first-order valence-corrected chi connectivity index (χ1v) is 9.97. The molecule has 2 unspecified atom stereocenters. The molecule has 1 fully saturated rings. The molecule has 1 saturated carbocycles. The smallest absolute Gasteiger partial charge is 0.230 e. The molecule has 146 valence electrons. The zero-order chi connectivity index (χ0) is 19.5. The summed E-state index contributed by atoms with van der Waals surface area (Å²) in [7, 11) is 1.64. The molecule has 2 atom stereocenters. The fraction of sp³-hybridized carbons (Fsp3) is 0.391. The first-order valence-electron chi connectivity index (χ1n) is 9.97. The maximum Gasteiger partial charge on any atom is 0.230 e. The van der Waals surface area contributed by atoms with Gasteiger partial charge in [-0.25, -0.2) is 0 Å². The van der Waals surface area contributed by atoms with Crippen molar-refractivity contribution < 1.29 is 14.3 Å². The number of hydrogen-bond donors (Lipinski definition) is 1. The molecule has 28 heavy (non-hydrogen) atoms. The Balaban J connectivity index is 1.29. The van der Waals surface area contributed by atoms with E-state index in [9.17, 15) is 9.59 Å². The predicted molar refractivity (Wildman–Crippen MR) is 108 cm³/mol. The lowest BCUT2D eigenvalue weighted by molar-refractivity contribution is -0.126. The number of anilines is 1. The van der Waals surface area contributed by atoms with Gasteiger partial charge < -0.3 is 15.0 Å². The minimum atomic E-state index is -0.188. The van der Waals surface area contributed by atoms with E-state index in [4.69, 9.17) is 4.74 Å². The Morgan fingerprint density at radius 2 is 2.00 bits per heavy atom. The van der Waals surface area contributed by atoms with E-state index in [1.807, 2.05) is 47.4 Å². The van der Waals surface area contributed by atoms with Gasteiger partial charge in [-0.1, -0.05) is 30.3 Å². The van der Waals surface area contributed by atoms with Crippen molar-refractivity contribution in [2.45, 2.75) is 25.7 Å². The second-order valence-corrected chi connectivity index (χ2v) is 7.56. The van der Waals surface area contributed by atoms with E-state index in [2.05, 4.69) is 11.4 Å². The lowest BCUT2D eigenvalue weighted by Gasteiger charge is -2.29. The molecule has 1 aliphatic carbocycles. The van der Waals surface area contributed by atoms with Gasteiger partial charge in [-0.3, -0.25) is 9.59 Å². The van der Waals surface area contributed by atoms with E-state index in [0.29, 0.717) is 13.0 Å². The van der Waals surface area contributed by atoms with Crippen molar-refractivity contribution in [3.63, 3.8) is 0 Å². The summed E-state index contributed by atoms with van der Waals surface area (Å²) in [5.74, 6) is 0.542. The van der Waals surface area contributed by atoms with Crippen LogP contribution in [0.3, 0.4) is 0 Å². The number of benzene rings is 2. The second kappa shape index (κ2) is 8.05. The van der Waals surface area contributed by atoms with E-state index in [1.54, 1.807) is 7.11 Å². The molecule has 2 aliphatic rings. The number of amides is 2. The molecule has 1 aliphatic heterocycles. The topological polar surface area (TPSA) is 58.6 Å². The highest BCUT2D eigenvalue weighted by Gasteiger charge is 2.49. The molecule has 2 aromatic carbocycles. The Morgan fingerprint density at radius 1 is 1.14 bits per heavy atom. The Morgan fingerprint density at radius 3 is 2.86 bits per heavy atom. The quantitative estimate of drug-likeness (QED) is 0.841. The molecule has 0 spiro atoms. The van der Waals surface area contributed by atoms with Crippen LogP contribution in [0.1, 0.15) is 24.0 Å². The van der Waals surface area contributed by atoms with Crippen LogP contribution in [0, 0.1) is 11.8 Å². The SMILES string of the molecule is COc1cccc(CCNC(=O)C2CC2C(=O)N2CCCc3ccccc32)c1. The van der Waals surface area contributed by atoms with E-state index in [0.717, 1.165) is 42.8 Å². The van der Waals surface area contributed by atoms with E-state index in [-0.39, 0.29) is 23.7 Å². The average molecular weight is 378 g/mol. The summed E-state index contributed by atoms with van der Waals surface area (Å²) in [6, 6.07) is 15.9. The van der Waals surface area contributed by atoms with Crippen LogP contribution in [0.2, 0.25) is 0 Å². The molecule has 0 bridgehead atoms. The van der Waals surface area contributed by atoms with Crippen LogP contribution in [0.5, 0.6) is 5.75 Å². The predicted octanol–water partition coefficient (Wildman–Crippen LogP) is 2.97. The molecule has 0 saturated heterocycles. The maximum absolute atomic E-state index is 12.9. The number of fused-ring (bicyclic) bond motifs is 1. The van der Waals surface area contributed by atoms with Crippen molar-refractivity contribution in [2.24, 2.45) is 11.8 Å². The summed E-state index contributed by atoms with van der Waals surface area (Å²) in [4.78, 5) is 27.3. The first kappa shape index (κ1) is 18.5. The van der Waals surface area contributed by atoms with Gasteiger partial charge in [-0.2, -0.15) is 0 Å². The van der Waals surface area contributed by atoms with E-state index < -0.39 is 0 Å². The highest BCUT2D eigenvalue weighted by atomic mass is 16.5. The standard InChI is InChI=1S/C23H26N2O3/c1-28-18-9-4-6-16(14-18)11-12-24-22(26)19-15-20(19)23(27)25-13-5-8-17-7-2-3-10-21(17)25/h2-4,6-7,9-10,14,19-20H,5,8,11-13,15H2,1H3,(H,24,26). The van der Waals surface area contributed by atoms with Gasteiger partial charge in [0.15, 0.2) is 0 Å². The molecule has 0 radical (unpaired) electrons. The molecular weight excluding hydrogens is 352 g/mol. The van der Waals surface area contributed by atoms with Gasteiger partial charge in [-0.05, 0) is 55.0 Å². The van der Waals surface area contributed by atoms with Crippen LogP contribution in [0.25, 0.3) is 0 Å². The van der Waals surface area contributed by atoms with Crippen LogP contribution < -0.4 is 15.0 Å². The highest BCUT2D eigenvalue weighted by Crippen LogP contribution is 2.42. The Labute approximate surface area is 165 Å². The fourth-order valence-electron chi connectivity index (χ4n) is 4.01. The van der Waals surface area contributed by atoms with Gasteiger partial charge in [0.2, 0.25) is 11.8 Å². The summed E-state index contributed by atoms with van der Waals surface area (Å²) in [5.41, 5.74) is 3.36. The van der Waals surface area contributed by atoms with Crippen LogP contribution in [-0.2, 0) is 22.4 Å². The summed E-state index contributed by atoms with van der Waals surface area (Å²) in [6.45, 7) is 1.31. The third kappa shape index (κ3) is 3.88. The minimum Gasteiger partial charge on any atom is -0.497 e. The number of methoxy groups -OCH3 is 1. The van der Waals surface area contributed by atoms with Gasteiger partial charge in [-0.15, -0.1) is 0 Å². The van der Waals surface area contributed by atoms with Gasteiger partial charge in [0.1, 0.15) is 5.75 Å². The lowest BCUT2D eigenvalue weighted by Crippen LogP contribution is -2.38. The summed E-state index contributed by atoms with van der Waals surface area (Å²) in [6.07, 6.45) is 3.39. The van der Waals surface area contributed by atoms with Gasteiger partial charge >= 0.3 is 0 Å². The minimum absolute atomic E-state index is 0.00783. The molecular formula is C23H26N2O3. The monoisotopic (exact) mass is 378 g/mol.